The van der Waals surface area contributed by atoms with Gasteiger partial charge in [0.25, 0.3) is 0 Å². The minimum absolute atomic E-state index is 0.0540. The molecular weight excluding hydrogens is 318 g/mol. The Morgan fingerprint density at radius 1 is 0.957 bits per heavy atom. The number of fused-ring (bicyclic) bond motifs is 1. The molecule has 3 rings (SSSR count). The number of nitrogens with one attached hydrogen (secondary N) is 1. The molecule has 0 aliphatic heterocycles. The molecule has 0 radical (unpaired) electrons. The van der Waals surface area contributed by atoms with E-state index in [0.29, 0.717) is 5.69 Å². The van der Waals surface area contributed by atoms with Crippen molar-refractivity contribution in [2.24, 2.45) is 0 Å². The van der Waals surface area contributed by atoms with Crippen molar-refractivity contribution in [1.29, 1.82) is 0 Å². The fraction of sp³-hybridized carbons (Fsp3) is 0. The summed E-state index contributed by atoms with van der Waals surface area (Å²) in [7, 11) is 0. The van der Waals surface area contributed by atoms with Gasteiger partial charge < -0.3 is 15.2 Å². The van der Waals surface area contributed by atoms with E-state index in [0.717, 1.165) is 0 Å². The minimum atomic E-state index is -1.34. The number of benzene rings is 2. The van der Waals surface area contributed by atoms with E-state index in [9.17, 15) is 19.5 Å². The molecule has 0 bridgehead atoms. The van der Waals surface area contributed by atoms with Crippen LogP contribution in [-0.2, 0) is 0 Å². The molecule has 0 unspecified atom stereocenters. The molecule has 0 saturated carbocycles. The van der Waals surface area contributed by atoms with E-state index < -0.39 is 17.5 Å². The number of Topliss-reactive ketones (excluding diaryl/α,β-unsaturated/α-hetero) is 2. The summed E-state index contributed by atoms with van der Waals surface area (Å²) < 4.78 is 0. The van der Waals surface area contributed by atoms with Crippen LogP contribution in [-0.4, -0.2) is 17.5 Å². The number of anilines is 1. The van der Waals surface area contributed by atoms with Gasteiger partial charge in [-0.2, -0.15) is 0 Å². The van der Waals surface area contributed by atoms with E-state index in [1.807, 2.05) is 0 Å². The molecule has 2 aromatic rings. The average molecular weight is 327 g/mol. The van der Waals surface area contributed by atoms with Crippen molar-refractivity contribution in [2.75, 3.05) is 5.32 Å². The first kappa shape index (κ1) is 15.0. The van der Waals surface area contributed by atoms with Crippen molar-refractivity contribution in [1.82, 2.24) is 0 Å². The number of hydrogen-bond acceptors (Lipinski definition) is 5. The van der Waals surface area contributed by atoms with Gasteiger partial charge in [-0.1, -0.05) is 48.0 Å². The molecule has 0 aromatic heterocycles. The summed E-state index contributed by atoms with van der Waals surface area (Å²) in [5.74, 6) is -2.23. The summed E-state index contributed by atoms with van der Waals surface area (Å²) >= 11 is 6.03. The zero-order valence-corrected chi connectivity index (χ0v) is 12.4. The smallest absolute Gasteiger partial charge is 0.211 e. The Bertz CT molecular complexity index is 886. The molecule has 1 N–H and O–H groups in total. The molecule has 6 heteroatoms. The first-order chi connectivity index (χ1) is 11.0. The summed E-state index contributed by atoms with van der Waals surface area (Å²) in [6, 6.07) is 12.1. The quantitative estimate of drug-likeness (QED) is 0.932. The SMILES string of the molecule is O=C([O-])c1cccc(NC2=C(Cl)C(=O)c3ccccc3C2=O)c1. The zero-order chi connectivity index (χ0) is 16.6. The lowest BCUT2D eigenvalue weighted by atomic mass is 9.92. The maximum atomic E-state index is 12.5. The number of ketones is 2. The van der Waals surface area contributed by atoms with Gasteiger partial charge in [0.05, 0.1) is 5.97 Å². The Labute approximate surface area is 136 Å². The Morgan fingerprint density at radius 2 is 1.61 bits per heavy atom. The molecule has 114 valence electrons. The number of halogens is 1. The van der Waals surface area contributed by atoms with Crippen LogP contribution in [0.2, 0.25) is 0 Å². The highest BCUT2D eigenvalue weighted by molar-refractivity contribution is 6.50. The predicted molar refractivity (Wildman–Crippen MR) is 82.4 cm³/mol. The van der Waals surface area contributed by atoms with Crippen LogP contribution >= 0.6 is 11.6 Å². The third-order valence-corrected chi connectivity index (χ3v) is 3.79. The summed E-state index contributed by atoms with van der Waals surface area (Å²) in [5.41, 5.74) is 0.685. The Morgan fingerprint density at radius 3 is 2.26 bits per heavy atom. The van der Waals surface area contributed by atoms with Gasteiger partial charge in [0.2, 0.25) is 11.6 Å². The highest BCUT2D eigenvalue weighted by Crippen LogP contribution is 2.29. The van der Waals surface area contributed by atoms with Crippen molar-refractivity contribution in [2.45, 2.75) is 0 Å². The Hall–Kier alpha value is -2.92. The van der Waals surface area contributed by atoms with Crippen LogP contribution in [0.15, 0.2) is 59.3 Å². The highest BCUT2D eigenvalue weighted by atomic mass is 35.5. The molecule has 1 aliphatic rings. The van der Waals surface area contributed by atoms with E-state index in [1.54, 1.807) is 18.2 Å². The molecular formula is C17H9ClNO4-. The number of rotatable bonds is 3. The fourth-order valence-electron chi connectivity index (χ4n) is 2.33. The van der Waals surface area contributed by atoms with Crippen molar-refractivity contribution < 1.29 is 19.5 Å². The predicted octanol–water partition coefficient (Wildman–Crippen LogP) is 1.99. The molecule has 0 spiro atoms. The first-order valence-corrected chi connectivity index (χ1v) is 7.03. The van der Waals surface area contributed by atoms with Gasteiger partial charge in [0.1, 0.15) is 10.7 Å². The number of carboxylic acids is 1. The van der Waals surface area contributed by atoms with Crippen LogP contribution in [0, 0.1) is 0 Å². The zero-order valence-electron chi connectivity index (χ0n) is 11.6. The summed E-state index contributed by atoms with van der Waals surface area (Å²) in [5, 5.41) is 13.4. The number of hydrogen-bond donors (Lipinski definition) is 1. The van der Waals surface area contributed by atoms with Crippen LogP contribution in [0.25, 0.3) is 0 Å². The van der Waals surface area contributed by atoms with Crippen LogP contribution in [0.5, 0.6) is 0 Å². The topological polar surface area (TPSA) is 86.3 Å². The number of carbonyl (C=O) groups is 3. The second-order valence-electron chi connectivity index (χ2n) is 4.89. The summed E-state index contributed by atoms with van der Waals surface area (Å²) in [6.45, 7) is 0. The second-order valence-corrected chi connectivity index (χ2v) is 5.26. The van der Waals surface area contributed by atoms with Crippen molar-refractivity contribution in [3.8, 4) is 0 Å². The normalized spacial score (nSPS) is 13.8. The molecule has 5 nitrogen and oxygen atoms in total. The lowest BCUT2D eigenvalue weighted by molar-refractivity contribution is -0.255. The molecule has 0 fully saturated rings. The van der Waals surface area contributed by atoms with Gasteiger partial charge in [-0.05, 0) is 17.7 Å². The molecule has 2 aromatic carbocycles. The lowest BCUT2D eigenvalue weighted by Gasteiger charge is -2.19. The van der Waals surface area contributed by atoms with Crippen molar-refractivity contribution >= 4 is 34.8 Å². The molecule has 1 aliphatic carbocycles. The Kier molecular flexibility index (Phi) is 3.72. The molecule has 0 heterocycles. The summed E-state index contributed by atoms with van der Waals surface area (Å²) in [4.78, 5) is 35.7. The number of aromatic carboxylic acids is 1. The summed E-state index contributed by atoms with van der Waals surface area (Å²) in [6.07, 6.45) is 0. The van der Waals surface area contributed by atoms with Gasteiger partial charge in [-0.25, -0.2) is 0 Å². The van der Waals surface area contributed by atoms with Gasteiger partial charge >= 0.3 is 0 Å². The standard InChI is InChI=1S/C17H10ClNO4/c18-13-14(19-10-5-3-4-9(8-10)17(22)23)16(21)12-7-2-1-6-11(12)15(13)20/h1-8,19H,(H,22,23)/p-1. The highest BCUT2D eigenvalue weighted by Gasteiger charge is 2.31. The monoisotopic (exact) mass is 326 g/mol. The molecule has 0 saturated heterocycles. The number of allylic oxidation sites excluding steroid dienone is 2. The third-order valence-electron chi connectivity index (χ3n) is 3.43. The van der Waals surface area contributed by atoms with Crippen LogP contribution in [0.3, 0.4) is 0 Å². The minimum Gasteiger partial charge on any atom is -0.545 e. The van der Waals surface area contributed by atoms with Crippen molar-refractivity contribution in [3.05, 3.63) is 76.0 Å². The van der Waals surface area contributed by atoms with E-state index in [1.165, 1.54) is 30.3 Å². The third kappa shape index (κ3) is 2.62. The van der Waals surface area contributed by atoms with E-state index >= 15 is 0 Å². The maximum Gasteiger partial charge on any atom is 0.211 e. The number of carbonyl (C=O) groups excluding carboxylic acids is 3. The van der Waals surface area contributed by atoms with Gasteiger partial charge in [0, 0.05) is 16.8 Å². The van der Waals surface area contributed by atoms with E-state index in [-0.39, 0.29) is 27.4 Å². The van der Waals surface area contributed by atoms with Crippen LogP contribution < -0.4 is 10.4 Å². The van der Waals surface area contributed by atoms with Gasteiger partial charge in [-0.15, -0.1) is 0 Å². The van der Waals surface area contributed by atoms with E-state index in [4.69, 9.17) is 11.6 Å². The molecule has 23 heavy (non-hydrogen) atoms. The second kappa shape index (κ2) is 5.70. The molecule has 0 amide bonds. The van der Waals surface area contributed by atoms with Gasteiger partial charge in [-0.3, -0.25) is 9.59 Å². The van der Waals surface area contributed by atoms with E-state index in [2.05, 4.69) is 5.32 Å². The van der Waals surface area contributed by atoms with Gasteiger partial charge in [0.15, 0.2) is 0 Å². The lowest BCUT2D eigenvalue weighted by Crippen LogP contribution is -2.25. The largest absolute Gasteiger partial charge is 0.545 e. The van der Waals surface area contributed by atoms with Crippen molar-refractivity contribution in [3.63, 3.8) is 0 Å². The van der Waals surface area contributed by atoms with Crippen LogP contribution in [0.1, 0.15) is 31.1 Å². The number of carboxylic acid groups (broad SMARTS) is 1. The molecule has 0 atom stereocenters. The maximum absolute atomic E-state index is 12.5. The fourth-order valence-corrected chi connectivity index (χ4v) is 2.56. The first-order valence-electron chi connectivity index (χ1n) is 6.65. The van der Waals surface area contributed by atoms with Crippen LogP contribution in [0.4, 0.5) is 5.69 Å². The Balaban J connectivity index is 2.02. The average Bonchev–Trinajstić information content (AvgIpc) is 2.57.